The van der Waals surface area contributed by atoms with Crippen LogP contribution in [0.1, 0.15) is 16.8 Å². The van der Waals surface area contributed by atoms with Gasteiger partial charge in [0.05, 0.1) is 25.5 Å². The molecule has 0 heterocycles. The highest BCUT2D eigenvalue weighted by atomic mass is 32.2. The van der Waals surface area contributed by atoms with Gasteiger partial charge in [-0.15, -0.1) is 11.8 Å². The van der Waals surface area contributed by atoms with E-state index in [1.165, 1.54) is 18.9 Å². The van der Waals surface area contributed by atoms with E-state index in [0.717, 1.165) is 11.3 Å². The minimum absolute atomic E-state index is 0.162. The molecule has 2 aromatic rings. The highest BCUT2D eigenvalue weighted by molar-refractivity contribution is 8.00. The molecule has 2 N–H and O–H groups in total. The van der Waals surface area contributed by atoms with Gasteiger partial charge in [0.1, 0.15) is 0 Å². The van der Waals surface area contributed by atoms with Gasteiger partial charge < -0.3 is 24.8 Å². The van der Waals surface area contributed by atoms with Crippen LogP contribution in [0.25, 0.3) is 0 Å². The van der Waals surface area contributed by atoms with E-state index < -0.39 is 0 Å². The molecule has 2 aromatic carbocycles. The number of amides is 2. The molecule has 0 unspecified atom stereocenters. The van der Waals surface area contributed by atoms with Crippen LogP contribution in [0.3, 0.4) is 0 Å². The molecule has 0 aliphatic rings. The number of hydrogen-bond acceptors (Lipinski definition) is 6. The third kappa shape index (κ3) is 6.99. The summed E-state index contributed by atoms with van der Waals surface area (Å²) in [7, 11) is 4.72. The summed E-state index contributed by atoms with van der Waals surface area (Å²) >= 11 is 1.31. The Balaban J connectivity index is 1.94. The van der Waals surface area contributed by atoms with Crippen LogP contribution in [0, 0.1) is 0 Å². The summed E-state index contributed by atoms with van der Waals surface area (Å²) < 4.78 is 15.4. The zero-order valence-corrected chi connectivity index (χ0v) is 17.6. The summed E-state index contributed by atoms with van der Waals surface area (Å²) in [5, 5.41) is 5.69. The minimum Gasteiger partial charge on any atom is -0.493 e. The number of hydrogen-bond donors (Lipinski definition) is 2. The zero-order valence-electron chi connectivity index (χ0n) is 16.8. The molecule has 0 spiro atoms. The number of thioether (sulfide) groups is 1. The lowest BCUT2D eigenvalue weighted by atomic mass is 10.2. The smallest absolute Gasteiger partial charge is 0.252 e. The standard InChI is InChI=1S/C21H26N2O5S/c1-26-12-6-11-22-21(25)16-7-4-5-8-19(16)29-14-20(24)23-15-9-10-17(27-2)18(13-15)28-3/h4-5,7-10,13H,6,11-12,14H2,1-3H3,(H,22,25)(H,23,24). The highest BCUT2D eigenvalue weighted by Gasteiger charge is 2.13. The van der Waals surface area contributed by atoms with Crippen molar-refractivity contribution in [3.05, 3.63) is 48.0 Å². The predicted molar refractivity (Wildman–Crippen MR) is 114 cm³/mol. The molecule has 0 fully saturated rings. The van der Waals surface area contributed by atoms with Crippen LogP contribution in [-0.4, -0.2) is 52.0 Å². The fourth-order valence-corrected chi connectivity index (χ4v) is 3.40. The third-order valence-corrected chi connectivity index (χ3v) is 5.04. The third-order valence-electron chi connectivity index (χ3n) is 3.97. The van der Waals surface area contributed by atoms with Crippen molar-refractivity contribution >= 4 is 29.3 Å². The lowest BCUT2D eigenvalue weighted by Gasteiger charge is -2.12. The quantitative estimate of drug-likeness (QED) is 0.431. The second-order valence-electron chi connectivity index (χ2n) is 6.01. The van der Waals surface area contributed by atoms with Gasteiger partial charge in [-0.1, -0.05) is 12.1 Å². The topological polar surface area (TPSA) is 85.9 Å². The molecule has 0 saturated heterocycles. The number of carbonyl (C=O) groups excluding carboxylic acids is 2. The fraction of sp³-hybridized carbons (Fsp3) is 0.333. The molecule has 2 amide bonds. The summed E-state index contributed by atoms with van der Waals surface area (Å²) in [5.74, 6) is 0.947. The summed E-state index contributed by atoms with van der Waals surface area (Å²) in [6.07, 6.45) is 0.741. The number of benzene rings is 2. The SMILES string of the molecule is COCCCNC(=O)c1ccccc1SCC(=O)Nc1ccc(OC)c(OC)c1. The van der Waals surface area contributed by atoms with Gasteiger partial charge in [0.25, 0.3) is 5.91 Å². The molecule has 0 saturated carbocycles. The van der Waals surface area contributed by atoms with E-state index in [-0.39, 0.29) is 17.6 Å². The summed E-state index contributed by atoms with van der Waals surface area (Å²) in [6, 6.07) is 12.4. The van der Waals surface area contributed by atoms with Crippen LogP contribution in [0.15, 0.2) is 47.4 Å². The Bertz CT molecular complexity index is 828. The monoisotopic (exact) mass is 418 g/mol. The first-order valence-electron chi connectivity index (χ1n) is 9.10. The molecular weight excluding hydrogens is 392 g/mol. The molecule has 0 radical (unpaired) electrons. The largest absolute Gasteiger partial charge is 0.493 e. The molecule has 0 aliphatic carbocycles. The van der Waals surface area contributed by atoms with Gasteiger partial charge in [-0.05, 0) is 30.7 Å². The number of ether oxygens (including phenoxy) is 3. The average molecular weight is 419 g/mol. The van der Waals surface area contributed by atoms with Crippen molar-refractivity contribution in [2.24, 2.45) is 0 Å². The maximum atomic E-state index is 12.4. The second kappa shape index (κ2) is 12.0. The molecule has 7 nitrogen and oxygen atoms in total. The van der Waals surface area contributed by atoms with Gasteiger partial charge in [-0.3, -0.25) is 9.59 Å². The number of rotatable bonds is 11. The van der Waals surface area contributed by atoms with Gasteiger partial charge in [-0.2, -0.15) is 0 Å². The van der Waals surface area contributed by atoms with Crippen LogP contribution < -0.4 is 20.1 Å². The number of carbonyl (C=O) groups is 2. The van der Waals surface area contributed by atoms with Gasteiger partial charge in [-0.25, -0.2) is 0 Å². The van der Waals surface area contributed by atoms with Gasteiger partial charge in [0, 0.05) is 36.9 Å². The van der Waals surface area contributed by atoms with Crippen LogP contribution in [0.2, 0.25) is 0 Å². The van der Waals surface area contributed by atoms with Gasteiger partial charge in [0.2, 0.25) is 5.91 Å². The molecule has 0 aromatic heterocycles. The normalized spacial score (nSPS) is 10.3. The van der Waals surface area contributed by atoms with E-state index in [4.69, 9.17) is 14.2 Å². The van der Waals surface area contributed by atoms with E-state index >= 15 is 0 Å². The molecule has 2 rings (SSSR count). The van der Waals surface area contributed by atoms with E-state index in [1.54, 1.807) is 44.6 Å². The minimum atomic E-state index is -0.183. The lowest BCUT2D eigenvalue weighted by Crippen LogP contribution is -2.25. The second-order valence-corrected chi connectivity index (χ2v) is 7.02. The van der Waals surface area contributed by atoms with Crippen LogP contribution in [0.5, 0.6) is 11.5 Å². The van der Waals surface area contributed by atoms with Crippen molar-refractivity contribution in [1.82, 2.24) is 5.32 Å². The van der Waals surface area contributed by atoms with E-state index in [0.29, 0.717) is 35.9 Å². The first-order valence-corrected chi connectivity index (χ1v) is 10.1. The maximum Gasteiger partial charge on any atom is 0.252 e. The average Bonchev–Trinajstić information content (AvgIpc) is 2.75. The molecule has 156 valence electrons. The molecule has 8 heteroatoms. The zero-order chi connectivity index (χ0) is 21.1. The first-order chi connectivity index (χ1) is 14.1. The van der Waals surface area contributed by atoms with Gasteiger partial charge >= 0.3 is 0 Å². The predicted octanol–water partition coefficient (Wildman–Crippen LogP) is 3.20. The number of nitrogens with one attached hydrogen (secondary N) is 2. The highest BCUT2D eigenvalue weighted by Crippen LogP contribution is 2.30. The molecule has 0 bridgehead atoms. The van der Waals surface area contributed by atoms with Crippen LogP contribution in [0.4, 0.5) is 5.69 Å². The Labute approximate surface area is 175 Å². The Hall–Kier alpha value is -2.71. The molecule has 0 aliphatic heterocycles. The van der Waals surface area contributed by atoms with E-state index in [2.05, 4.69) is 10.6 Å². The van der Waals surface area contributed by atoms with Crippen molar-refractivity contribution in [2.45, 2.75) is 11.3 Å². The Morgan fingerprint density at radius 2 is 1.76 bits per heavy atom. The van der Waals surface area contributed by atoms with Crippen molar-refractivity contribution in [2.75, 3.05) is 45.6 Å². The molecule has 29 heavy (non-hydrogen) atoms. The van der Waals surface area contributed by atoms with Crippen molar-refractivity contribution < 1.29 is 23.8 Å². The number of methoxy groups -OCH3 is 3. The van der Waals surface area contributed by atoms with Crippen molar-refractivity contribution in [3.63, 3.8) is 0 Å². The Morgan fingerprint density at radius 3 is 2.48 bits per heavy atom. The van der Waals surface area contributed by atoms with Crippen molar-refractivity contribution in [3.8, 4) is 11.5 Å². The Morgan fingerprint density at radius 1 is 1.00 bits per heavy atom. The summed E-state index contributed by atoms with van der Waals surface area (Å²) in [4.78, 5) is 25.5. The van der Waals surface area contributed by atoms with Gasteiger partial charge in [0.15, 0.2) is 11.5 Å². The fourth-order valence-electron chi connectivity index (χ4n) is 2.55. The molecule has 0 atom stereocenters. The molecular formula is C21H26N2O5S. The first kappa shape index (κ1) is 22.6. The van der Waals surface area contributed by atoms with E-state index in [9.17, 15) is 9.59 Å². The summed E-state index contributed by atoms with van der Waals surface area (Å²) in [6.45, 7) is 1.12. The van der Waals surface area contributed by atoms with Crippen molar-refractivity contribution in [1.29, 1.82) is 0 Å². The lowest BCUT2D eigenvalue weighted by molar-refractivity contribution is -0.113. The van der Waals surface area contributed by atoms with E-state index in [1.807, 2.05) is 12.1 Å². The van der Waals surface area contributed by atoms with Crippen LogP contribution >= 0.6 is 11.8 Å². The Kier molecular flexibility index (Phi) is 9.33. The number of anilines is 1. The summed E-state index contributed by atoms with van der Waals surface area (Å²) in [5.41, 5.74) is 1.16. The van der Waals surface area contributed by atoms with Crippen LogP contribution in [-0.2, 0) is 9.53 Å². The maximum absolute atomic E-state index is 12.4.